The number of fused-ring (bicyclic) bond motifs is 7. The summed E-state index contributed by atoms with van der Waals surface area (Å²) in [6, 6.07) is 65.4. The summed E-state index contributed by atoms with van der Waals surface area (Å²) in [5.41, 5.74) is 12.5. The number of allylic oxidation sites excluding steroid dienone is 4. The summed E-state index contributed by atoms with van der Waals surface area (Å²) in [4.78, 5) is 2.45. The van der Waals surface area contributed by atoms with Gasteiger partial charge in [0.25, 0.3) is 0 Å². The van der Waals surface area contributed by atoms with Crippen LogP contribution < -0.4 is 4.90 Å². The van der Waals surface area contributed by atoms with Crippen LogP contribution in [0.5, 0.6) is 0 Å². The molecule has 0 radical (unpaired) electrons. The molecule has 10 aromatic rings. The highest BCUT2D eigenvalue weighted by Crippen LogP contribution is 2.45. The molecule has 55 heavy (non-hydrogen) atoms. The minimum absolute atomic E-state index is 0.902. The summed E-state index contributed by atoms with van der Waals surface area (Å²) in [6.45, 7) is 0. The number of thiophene rings is 1. The minimum atomic E-state index is 0.902. The molecule has 2 heterocycles. The van der Waals surface area contributed by atoms with E-state index in [2.05, 4.69) is 175 Å². The zero-order chi connectivity index (χ0) is 36.3. The SMILES string of the molecule is c1cc2ccccc2c(-c2ccccc2N(C2=CC=C(c3cccc4c3sc3ccccc34)CC2)c2ccc(-c3ccc4oc5ccccc5c4c3)cc2)c#1. The van der Waals surface area contributed by atoms with Crippen molar-refractivity contribution in [3.05, 3.63) is 199 Å². The third-order valence-corrected chi connectivity index (χ3v) is 12.3. The van der Waals surface area contributed by atoms with Crippen LogP contribution in [0.4, 0.5) is 11.4 Å². The van der Waals surface area contributed by atoms with E-state index in [1.807, 2.05) is 29.5 Å². The first kappa shape index (κ1) is 31.6. The van der Waals surface area contributed by atoms with E-state index >= 15 is 0 Å². The summed E-state index contributed by atoms with van der Waals surface area (Å²) in [5, 5.41) is 7.28. The predicted molar refractivity (Wildman–Crippen MR) is 233 cm³/mol. The number of hydrogen-bond donors (Lipinski definition) is 0. The molecule has 0 aliphatic heterocycles. The summed E-state index contributed by atoms with van der Waals surface area (Å²) in [6.07, 6.45) is 6.54. The molecule has 0 bridgehead atoms. The topological polar surface area (TPSA) is 16.4 Å². The van der Waals surface area contributed by atoms with E-state index in [0.29, 0.717) is 0 Å². The van der Waals surface area contributed by atoms with E-state index in [-0.39, 0.29) is 0 Å². The van der Waals surface area contributed by atoms with E-state index in [1.54, 1.807) is 0 Å². The standard InChI is InChI=1S/C52H33NOS/c1-2-13-40-35(11-1)12-9-18-42(40)43-14-3-6-20-48(43)53(38-28-23-34(24-29-38)37-27-32-50-47(33-37)44-15-4-7-21-49(44)54-50)39-30-25-36(26-31-39)41-17-10-19-46-45-16-5-8-22-51(45)55-52(41)46/h1-8,10-17,19-25,27-30,32-33H,26,31H2. The highest BCUT2D eigenvalue weighted by molar-refractivity contribution is 7.26. The molecule has 0 unspecified atom stereocenters. The Morgan fingerprint density at radius 3 is 2.16 bits per heavy atom. The quantitative estimate of drug-likeness (QED) is 0.170. The first-order chi connectivity index (χ1) is 27.3. The third-order valence-electron chi connectivity index (χ3n) is 11.1. The number of nitrogens with zero attached hydrogens (tertiary/aromatic N) is 1. The molecule has 0 N–H and O–H groups in total. The molecule has 1 aliphatic rings. The molecular weight excluding hydrogens is 687 g/mol. The first-order valence-electron chi connectivity index (χ1n) is 18.8. The fraction of sp³-hybridized carbons (Fsp3) is 0.0385. The van der Waals surface area contributed by atoms with Gasteiger partial charge in [-0.3, -0.25) is 0 Å². The number of hydrogen-bond acceptors (Lipinski definition) is 3. The monoisotopic (exact) mass is 719 g/mol. The van der Waals surface area contributed by atoms with Crippen LogP contribution in [0.3, 0.4) is 0 Å². The van der Waals surface area contributed by atoms with Crippen molar-refractivity contribution in [3.63, 3.8) is 0 Å². The minimum Gasteiger partial charge on any atom is -0.456 e. The molecule has 3 heteroatoms. The highest BCUT2D eigenvalue weighted by Gasteiger charge is 2.23. The lowest BCUT2D eigenvalue weighted by molar-refractivity contribution is 0.669. The Bertz CT molecular complexity index is 3150. The van der Waals surface area contributed by atoms with Gasteiger partial charge < -0.3 is 9.32 Å². The van der Waals surface area contributed by atoms with Gasteiger partial charge in [0.1, 0.15) is 11.2 Å². The van der Waals surface area contributed by atoms with E-state index in [9.17, 15) is 0 Å². The van der Waals surface area contributed by atoms with Gasteiger partial charge in [0.15, 0.2) is 0 Å². The van der Waals surface area contributed by atoms with Gasteiger partial charge in [-0.05, 0) is 100 Å². The smallest absolute Gasteiger partial charge is 0.135 e. The largest absolute Gasteiger partial charge is 0.456 e. The molecule has 0 fully saturated rings. The van der Waals surface area contributed by atoms with Crippen LogP contribution in [0.2, 0.25) is 0 Å². The van der Waals surface area contributed by atoms with Crippen molar-refractivity contribution in [2.75, 3.05) is 4.90 Å². The van der Waals surface area contributed by atoms with Gasteiger partial charge in [0.2, 0.25) is 0 Å². The Morgan fingerprint density at radius 1 is 0.545 bits per heavy atom. The van der Waals surface area contributed by atoms with E-state index in [1.165, 1.54) is 48.0 Å². The van der Waals surface area contributed by atoms with Crippen molar-refractivity contribution >= 4 is 81.2 Å². The maximum absolute atomic E-state index is 6.13. The Hall–Kier alpha value is -6.86. The molecule has 0 atom stereocenters. The number of anilines is 2. The summed E-state index contributed by atoms with van der Waals surface area (Å²) in [7, 11) is 0. The van der Waals surface area contributed by atoms with Crippen LogP contribution >= 0.6 is 11.3 Å². The molecule has 1 aliphatic carbocycles. The van der Waals surface area contributed by atoms with Crippen LogP contribution in [0.15, 0.2) is 186 Å². The Morgan fingerprint density at radius 2 is 1.27 bits per heavy atom. The second kappa shape index (κ2) is 12.9. The molecule has 2 nitrogen and oxygen atoms in total. The molecule has 0 saturated heterocycles. The lowest BCUT2D eigenvalue weighted by Gasteiger charge is -2.31. The zero-order valence-corrected chi connectivity index (χ0v) is 30.7. The normalized spacial score (nSPS) is 13.0. The van der Waals surface area contributed by atoms with Crippen molar-refractivity contribution in [2.24, 2.45) is 0 Å². The molecule has 0 amide bonds. The summed E-state index contributed by atoms with van der Waals surface area (Å²) >= 11 is 1.90. The first-order valence-corrected chi connectivity index (χ1v) is 19.6. The van der Waals surface area contributed by atoms with Gasteiger partial charge in [-0.1, -0.05) is 133 Å². The Labute approximate surface area is 323 Å². The molecule has 0 saturated carbocycles. The molecular formula is C52H33NOS. The lowest BCUT2D eigenvalue weighted by Crippen LogP contribution is -2.18. The second-order valence-corrected chi connectivity index (χ2v) is 15.3. The third kappa shape index (κ3) is 5.34. The van der Waals surface area contributed by atoms with Crippen molar-refractivity contribution in [3.8, 4) is 22.3 Å². The van der Waals surface area contributed by atoms with Gasteiger partial charge in [-0.15, -0.1) is 11.3 Å². The van der Waals surface area contributed by atoms with Crippen LogP contribution in [0.25, 0.3) is 80.7 Å². The fourth-order valence-corrected chi connectivity index (χ4v) is 9.65. The van der Waals surface area contributed by atoms with Gasteiger partial charge in [0, 0.05) is 53.5 Å². The van der Waals surface area contributed by atoms with Crippen LogP contribution in [-0.2, 0) is 0 Å². The molecule has 258 valence electrons. The van der Waals surface area contributed by atoms with Crippen molar-refractivity contribution in [1.29, 1.82) is 0 Å². The summed E-state index contributed by atoms with van der Waals surface area (Å²) < 4.78 is 8.84. The predicted octanol–water partition coefficient (Wildman–Crippen LogP) is 14.9. The average Bonchev–Trinajstić information content (AvgIpc) is 3.83. The van der Waals surface area contributed by atoms with Gasteiger partial charge in [-0.2, -0.15) is 0 Å². The van der Waals surface area contributed by atoms with Crippen molar-refractivity contribution < 1.29 is 4.42 Å². The van der Waals surface area contributed by atoms with E-state index < -0.39 is 0 Å². The maximum Gasteiger partial charge on any atom is 0.135 e. The number of para-hydroxylation sites is 2. The average molecular weight is 720 g/mol. The summed E-state index contributed by atoms with van der Waals surface area (Å²) in [5.74, 6) is 0. The molecule has 2 aromatic heterocycles. The zero-order valence-electron chi connectivity index (χ0n) is 29.9. The van der Waals surface area contributed by atoms with Crippen LogP contribution in [-0.4, -0.2) is 0 Å². The Kier molecular flexibility index (Phi) is 7.43. The number of furan rings is 1. The van der Waals surface area contributed by atoms with Gasteiger partial charge >= 0.3 is 0 Å². The van der Waals surface area contributed by atoms with Crippen molar-refractivity contribution in [2.45, 2.75) is 12.8 Å². The van der Waals surface area contributed by atoms with E-state index in [4.69, 9.17) is 4.42 Å². The molecule has 11 rings (SSSR count). The second-order valence-electron chi connectivity index (χ2n) is 14.2. The van der Waals surface area contributed by atoms with Crippen LogP contribution in [0, 0.1) is 12.1 Å². The fourth-order valence-electron chi connectivity index (χ4n) is 8.40. The highest BCUT2D eigenvalue weighted by atomic mass is 32.1. The van der Waals surface area contributed by atoms with Crippen LogP contribution in [0.1, 0.15) is 18.4 Å². The van der Waals surface area contributed by atoms with Gasteiger partial charge in [0.05, 0.1) is 5.69 Å². The number of benzene rings is 7. The van der Waals surface area contributed by atoms with Gasteiger partial charge in [-0.25, -0.2) is 0 Å². The van der Waals surface area contributed by atoms with E-state index in [0.717, 1.165) is 68.2 Å². The molecule has 8 aromatic carbocycles. The Balaban J connectivity index is 1.04. The molecule has 0 spiro atoms. The van der Waals surface area contributed by atoms with Crippen molar-refractivity contribution in [1.82, 2.24) is 0 Å². The number of rotatable bonds is 6. The maximum atomic E-state index is 6.13. The lowest BCUT2D eigenvalue weighted by atomic mass is 9.93.